The number of benzene rings is 1. The molecule has 84 valence electrons. The van der Waals surface area contributed by atoms with Crippen molar-refractivity contribution in [2.45, 2.75) is 43.8 Å². The van der Waals surface area contributed by atoms with Gasteiger partial charge in [0.1, 0.15) is 0 Å². The normalized spacial score (nSPS) is 11.8. The topological polar surface area (TPSA) is 26.0 Å². The number of hydrogen-bond donors (Lipinski definition) is 1. The van der Waals surface area contributed by atoms with Crippen LogP contribution in [0.15, 0.2) is 23.1 Å². The molecule has 2 N–H and O–H groups in total. The highest BCUT2D eigenvalue weighted by atomic mass is 32.2. The molecule has 2 heteroatoms. The van der Waals surface area contributed by atoms with E-state index in [1.807, 2.05) is 11.8 Å². The van der Waals surface area contributed by atoms with Crippen LogP contribution in [-0.4, -0.2) is 11.3 Å². The van der Waals surface area contributed by atoms with Crippen molar-refractivity contribution in [3.63, 3.8) is 0 Å². The van der Waals surface area contributed by atoms with Gasteiger partial charge in [-0.1, -0.05) is 31.5 Å². The summed E-state index contributed by atoms with van der Waals surface area (Å²) < 4.78 is 0.231. The average molecular weight is 223 g/mol. The maximum absolute atomic E-state index is 5.62. The van der Waals surface area contributed by atoms with Crippen LogP contribution in [0.5, 0.6) is 0 Å². The van der Waals surface area contributed by atoms with E-state index in [0.717, 1.165) is 13.0 Å². The van der Waals surface area contributed by atoms with E-state index in [1.165, 1.54) is 16.0 Å². The van der Waals surface area contributed by atoms with Gasteiger partial charge in [0.25, 0.3) is 0 Å². The van der Waals surface area contributed by atoms with E-state index in [0.29, 0.717) is 0 Å². The van der Waals surface area contributed by atoms with Gasteiger partial charge in [-0.2, -0.15) is 0 Å². The molecule has 1 rings (SSSR count). The van der Waals surface area contributed by atoms with Crippen LogP contribution in [0.25, 0.3) is 0 Å². The zero-order valence-electron chi connectivity index (χ0n) is 10.1. The van der Waals surface area contributed by atoms with Gasteiger partial charge < -0.3 is 5.73 Å². The largest absolute Gasteiger partial charge is 0.330 e. The van der Waals surface area contributed by atoms with Crippen LogP contribution >= 0.6 is 11.8 Å². The lowest BCUT2D eigenvalue weighted by Gasteiger charge is -2.24. The summed E-state index contributed by atoms with van der Waals surface area (Å²) in [6, 6.07) is 6.63. The number of aryl methyl sites for hydroxylation is 2. The van der Waals surface area contributed by atoms with Crippen LogP contribution in [0.4, 0.5) is 0 Å². The third-order valence-corrected chi connectivity index (χ3v) is 3.90. The van der Waals surface area contributed by atoms with Crippen molar-refractivity contribution in [2.75, 3.05) is 6.54 Å². The van der Waals surface area contributed by atoms with E-state index in [-0.39, 0.29) is 4.75 Å². The molecule has 0 unspecified atom stereocenters. The van der Waals surface area contributed by atoms with Gasteiger partial charge >= 0.3 is 0 Å². The molecule has 15 heavy (non-hydrogen) atoms. The van der Waals surface area contributed by atoms with E-state index in [4.69, 9.17) is 5.73 Å². The van der Waals surface area contributed by atoms with Crippen LogP contribution in [0.3, 0.4) is 0 Å². The summed E-state index contributed by atoms with van der Waals surface area (Å²) in [7, 11) is 0. The second-order valence-electron chi connectivity index (χ2n) is 4.67. The van der Waals surface area contributed by atoms with Crippen LogP contribution in [0.1, 0.15) is 31.4 Å². The summed E-state index contributed by atoms with van der Waals surface area (Å²) in [5.41, 5.74) is 8.31. The monoisotopic (exact) mass is 223 g/mol. The Hall–Kier alpha value is -0.470. The Morgan fingerprint density at radius 3 is 2.47 bits per heavy atom. The standard InChI is InChI=1S/C13H21NS/c1-10-5-6-12(11(2)9-10)15-13(3,4)7-8-14/h5-6,9H,7-8,14H2,1-4H3. The Morgan fingerprint density at radius 1 is 1.27 bits per heavy atom. The zero-order chi connectivity index (χ0) is 11.5. The zero-order valence-corrected chi connectivity index (χ0v) is 10.9. The van der Waals surface area contributed by atoms with E-state index in [1.54, 1.807) is 0 Å². The van der Waals surface area contributed by atoms with Gasteiger partial charge in [0.15, 0.2) is 0 Å². The molecule has 0 amide bonds. The van der Waals surface area contributed by atoms with Crippen molar-refractivity contribution in [1.82, 2.24) is 0 Å². The quantitative estimate of drug-likeness (QED) is 0.790. The summed E-state index contributed by atoms with van der Waals surface area (Å²) in [5, 5.41) is 0. The van der Waals surface area contributed by atoms with Gasteiger partial charge in [-0.3, -0.25) is 0 Å². The van der Waals surface area contributed by atoms with Crippen LogP contribution < -0.4 is 5.73 Å². The minimum atomic E-state index is 0.231. The maximum Gasteiger partial charge on any atom is 0.0163 e. The Bertz CT molecular complexity index is 331. The first-order chi connectivity index (χ1) is 6.94. The van der Waals surface area contributed by atoms with Gasteiger partial charge in [0, 0.05) is 9.64 Å². The van der Waals surface area contributed by atoms with Gasteiger partial charge in [-0.25, -0.2) is 0 Å². The molecule has 1 aromatic rings. The van der Waals surface area contributed by atoms with Crippen molar-refractivity contribution in [2.24, 2.45) is 5.73 Å². The molecule has 1 aromatic carbocycles. The fraction of sp³-hybridized carbons (Fsp3) is 0.538. The molecule has 0 radical (unpaired) electrons. The first-order valence-corrected chi connectivity index (χ1v) is 6.22. The summed E-state index contributed by atoms with van der Waals surface area (Å²) in [4.78, 5) is 1.37. The highest BCUT2D eigenvalue weighted by Gasteiger charge is 2.19. The molecule has 0 heterocycles. The summed E-state index contributed by atoms with van der Waals surface area (Å²) in [6.07, 6.45) is 1.05. The van der Waals surface area contributed by atoms with Crippen molar-refractivity contribution in [1.29, 1.82) is 0 Å². The maximum atomic E-state index is 5.62. The molecule has 0 aliphatic carbocycles. The SMILES string of the molecule is Cc1ccc(SC(C)(C)CCN)c(C)c1. The average Bonchev–Trinajstić information content (AvgIpc) is 2.09. The predicted molar refractivity (Wildman–Crippen MR) is 69.5 cm³/mol. The molecule has 0 bridgehead atoms. The van der Waals surface area contributed by atoms with Gasteiger partial charge in [-0.05, 0) is 38.4 Å². The van der Waals surface area contributed by atoms with Crippen LogP contribution in [0.2, 0.25) is 0 Å². The fourth-order valence-corrected chi connectivity index (χ4v) is 2.78. The smallest absolute Gasteiger partial charge is 0.0163 e. The van der Waals surface area contributed by atoms with Gasteiger partial charge in [-0.15, -0.1) is 11.8 Å². The second-order valence-corrected chi connectivity index (χ2v) is 6.42. The van der Waals surface area contributed by atoms with Crippen molar-refractivity contribution < 1.29 is 0 Å². The van der Waals surface area contributed by atoms with Crippen molar-refractivity contribution >= 4 is 11.8 Å². The van der Waals surface area contributed by atoms with Gasteiger partial charge in [0.05, 0.1) is 0 Å². The number of hydrogen-bond acceptors (Lipinski definition) is 2. The van der Waals surface area contributed by atoms with Crippen LogP contribution in [-0.2, 0) is 0 Å². The first-order valence-electron chi connectivity index (χ1n) is 5.41. The molecular formula is C13H21NS. The Morgan fingerprint density at radius 2 is 1.93 bits per heavy atom. The molecule has 0 spiro atoms. The Balaban J connectivity index is 2.80. The van der Waals surface area contributed by atoms with Crippen LogP contribution in [0, 0.1) is 13.8 Å². The van der Waals surface area contributed by atoms with Crippen molar-refractivity contribution in [3.05, 3.63) is 29.3 Å². The second kappa shape index (κ2) is 5.04. The van der Waals surface area contributed by atoms with Gasteiger partial charge in [0.2, 0.25) is 0 Å². The molecule has 0 aliphatic rings. The summed E-state index contributed by atoms with van der Waals surface area (Å²) >= 11 is 1.93. The Labute approximate surface area is 97.4 Å². The van der Waals surface area contributed by atoms with E-state index < -0.39 is 0 Å². The molecule has 0 aliphatic heterocycles. The van der Waals surface area contributed by atoms with E-state index in [2.05, 4.69) is 45.9 Å². The molecular weight excluding hydrogens is 202 g/mol. The Kier molecular flexibility index (Phi) is 4.23. The lowest BCUT2D eigenvalue weighted by atomic mass is 10.1. The van der Waals surface area contributed by atoms with E-state index in [9.17, 15) is 0 Å². The third kappa shape index (κ3) is 3.88. The minimum absolute atomic E-state index is 0.231. The molecule has 0 saturated heterocycles. The number of thioether (sulfide) groups is 1. The third-order valence-electron chi connectivity index (χ3n) is 2.46. The molecule has 0 fully saturated rings. The van der Waals surface area contributed by atoms with Crippen molar-refractivity contribution in [3.8, 4) is 0 Å². The molecule has 0 atom stereocenters. The summed E-state index contributed by atoms with van der Waals surface area (Å²) in [5.74, 6) is 0. The molecule has 1 nitrogen and oxygen atoms in total. The minimum Gasteiger partial charge on any atom is -0.330 e. The number of rotatable bonds is 4. The first kappa shape index (κ1) is 12.6. The molecule has 0 saturated carbocycles. The lowest BCUT2D eigenvalue weighted by molar-refractivity contribution is 0.649. The fourth-order valence-electron chi connectivity index (χ4n) is 1.61. The lowest BCUT2D eigenvalue weighted by Crippen LogP contribution is -2.19. The predicted octanol–water partition coefficient (Wildman–Crippen LogP) is 3.52. The van der Waals surface area contributed by atoms with E-state index >= 15 is 0 Å². The number of nitrogens with two attached hydrogens (primary N) is 1. The molecule has 0 aromatic heterocycles. The highest BCUT2D eigenvalue weighted by Crippen LogP contribution is 2.36. The summed E-state index contributed by atoms with van der Waals surface area (Å²) in [6.45, 7) is 9.57. The highest BCUT2D eigenvalue weighted by molar-refractivity contribution is 8.00.